The van der Waals surface area contributed by atoms with Gasteiger partial charge in [-0.15, -0.1) is 0 Å². The monoisotopic (exact) mass is 385 g/mol. The number of nitrogens with two attached hydrogens (primary N) is 1. The Labute approximate surface area is 131 Å². The molecule has 1 unspecified atom stereocenters. The van der Waals surface area contributed by atoms with Crippen molar-refractivity contribution in [1.82, 2.24) is 9.78 Å². The van der Waals surface area contributed by atoms with Crippen LogP contribution in [0.1, 0.15) is 24.9 Å². The maximum atomic E-state index is 6.04. The maximum Gasteiger partial charge on any atom is 0.161 e. The van der Waals surface area contributed by atoms with Gasteiger partial charge in [0.05, 0.1) is 29.0 Å². The van der Waals surface area contributed by atoms with Crippen LogP contribution < -0.4 is 15.2 Å². The number of halogens is 1. The number of ether oxygens (including phenoxy) is 2. The second kappa shape index (κ2) is 5.51. The molecule has 0 spiro atoms. The molecule has 6 heteroatoms. The second-order valence-electron chi connectivity index (χ2n) is 4.75. The molecule has 2 aromatic rings. The van der Waals surface area contributed by atoms with Crippen LogP contribution in [0, 0.1) is 3.57 Å². The Kier molecular flexibility index (Phi) is 3.73. The molecule has 0 fully saturated rings. The van der Waals surface area contributed by atoms with Gasteiger partial charge in [0.25, 0.3) is 0 Å². The van der Waals surface area contributed by atoms with Crippen molar-refractivity contribution in [3.05, 3.63) is 33.5 Å². The van der Waals surface area contributed by atoms with Crippen LogP contribution in [0.15, 0.2) is 24.4 Å². The Balaban J connectivity index is 1.94. The molecule has 0 bridgehead atoms. The maximum absolute atomic E-state index is 6.04. The Bertz CT molecular complexity index is 627. The predicted octanol–water partition coefficient (Wildman–Crippen LogP) is 2.84. The molecule has 1 aromatic carbocycles. The van der Waals surface area contributed by atoms with Gasteiger partial charge in [0, 0.05) is 6.42 Å². The first-order chi connectivity index (χ1) is 9.66. The molecule has 20 heavy (non-hydrogen) atoms. The molecule has 106 valence electrons. The molecule has 0 amide bonds. The Morgan fingerprint density at radius 3 is 2.75 bits per heavy atom. The van der Waals surface area contributed by atoms with Gasteiger partial charge in [0.1, 0.15) is 5.82 Å². The van der Waals surface area contributed by atoms with Crippen LogP contribution in [0.3, 0.4) is 0 Å². The average molecular weight is 385 g/mol. The van der Waals surface area contributed by atoms with E-state index in [1.165, 1.54) is 0 Å². The Morgan fingerprint density at radius 2 is 2.05 bits per heavy atom. The minimum Gasteiger partial charge on any atom is -0.490 e. The summed E-state index contributed by atoms with van der Waals surface area (Å²) in [6.07, 6.45) is 2.68. The van der Waals surface area contributed by atoms with Gasteiger partial charge in [-0.25, -0.2) is 4.68 Å². The van der Waals surface area contributed by atoms with Gasteiger partial charge in [0.15, 0.2) is 11.5 Å². The Hall–Kier alpha value is -1.44. The summed E-state index contributed by atoms with van der Waals surface area (Å²) in [5.74, 6) is 2.29. The number of fused-ring (bicyclic) bond motifs is 1. The molecule has 1 aromatic heterocycles. The van der Waals surface area contributed by atoms with E-state index in [1.54, 1.807) is 6.20 Å². The second-order valence-corrected chi connectivity index (χ2v) is 5.92. The van der Waals surface area contributed by atoms with E-state index in [-0.39, 0.29) is 6.04 Å². The molecule has 0 saturated carbocycles. The van der Waals surface area contributed by atoms with Gasteiger partial charge in [-0.1, -0.05) is 6.07 Å². The molecule has 1 aliphatic rings. The highest BCUT2D eigenvalue weighted by Gasteiger charge is 2.17. The topological polar surface area (TPSA) is 62.3 Å². The summed E-state index contributed by atoms with van der Waals surface area (Å²) in [6, 6.07) is 6.05. The number of nitrogen functional groups attached to an aromatic ring is 1. The van der Waals surface area contributed by atoms with Crippen molar-refractivity contribution in [1.29, 1.82) is 0 Å². The molecule has 2 heterocycles. The third-order valence-corrected chi connectivity index (χ3v) is 4.24. The molecule has 0 saturated heterocycles. The summed E-state index contributed by atoms with van der Waals surface area (Å²) in [7, 11) is 0. The predicted molar refractivity (Wildman–Crippen MR) is 85.2 cm³/mol. The first kappa shape index (κ1) is 13.5. The van der Waals surface area contributed by atoms with Gasteiger partial charge in [-0.05, 0) is 47.2 Å². The van der Waals surface area contributed by atoms with E-state index in [1.807, 2.05) is 22.9 Å². The molecule has 5 nitrogen and oxygen atoms in total. The zero-order valence-corrected chi connectivity index (χ0v) is 13.3. The third-order valence-electron chi connectivity index (χ3n) is 3.41. The smallest absolute Gasteiger partial charge is 0.161 e. The normalized spacial score (nSPS) is 15.7. The van der Waals surface area contributed by atoms with Crippen molar-refractivity contribution < 1.29 is 9.47 Å². The van der Waals surface area contributed by atoms with E-state index >= 15 is 0 Å². The number of anilines is 1. The molecule has 3 rings (SSSR count). The summed E-state index contributed by atoms with van der Waals surface area (Å²) < 4.78 is 14.1. The third kappa shape index (κ3) is 2.44. The van der Waals surface area contributed by atoms with Crippen LogP contribution in [0.4, 0.5) is 5.82 Å². The zero-order chi connectivity index (χ0) is 14.1. The molecule has 1 atom stereocenters. The first-order valence-electron chi connectivity index (χ1n) is 6.55. The summed E-state index contributed by atoms with van der Waals surface area (Å²) in [6.45, 7) is 3.46. The highest BCUT2D eigenvalue weighted by molar-refractivity contribution is 14.1. The van der Waals surface area contributed by atoms with Gasteiger partial charge in [0.2, 0.25) is 0 Å². The zero-order valence-electron chi connectivity index (χ0n) is 11.2. The van der Waals surface area contributed by atoms with Gasteiger partial charge in [-0.3, -0.25) is 0 Å². The lowest BCUT2D eigenvalue weighted by Crippen LogP contribution is -2.12. The van der Waals surface area contributed by atoms with Crippen molar-refractivity contribution in [2.75, 3.05) is 18.9 Å². The average Bonchev–Trinajstić information content (AvgIpc) is 2.68. The lowest BCUT2D eigenvalue weighted by molar-refractivity contribution is 0.297. The van der Waals surface area contributed by atoms with Crippen LogP contribution in [-0.2, 0) is 0 Å². The summed E-state index contributed by atoms with van der Waals surface area (Å²) in [4.78, 5) is 0. The lowest BCUT2D eigenvalue weighted by Gasteiger charge is -2.16. The quantitative estimate of drug-likeness (QED) is 0.808. The van der Waals surface area contributed by atoms with Crippen LogP contribution >= 0.6 is 22.6 Å². The minimum atomic E-state index is 0.0515. The number of aromatic nitrogens is 2. The van der Waals surface area contributed by atoms with Gasteiger partial charge >= 0.3 is 0 Å². The van der Waals surface area contributed by atoms with Crippen molar-refractivity contribution in [3.8, 4) is 11.5 Å². The van der Waals surface area contributed by atoms with Crippen molar-refractivity contribution in [3.63, 3.8) is 0 Å². The van der Waals surface area contributed by atoms with Crippen molar-refractivity contribution in [2.24, 2.45) is 0 Å². The highest BCUT2D eigenvalue weighted by Crippen LogP contribution is 2.33. The summed E-state index contributed by atoms with van der Waals surface area (Å²) in [5.41, 5.74) is 7.14. The molecular formula is C14H16IN3O2. The van der Waals surface area contributed by atoms with Crippen molar-refractivity contribution in [2.45, 2.75) is 19.4 Å². The number of hydrogen-bond acceptors (Lipinski definition) is 4. The van der Waals surface area contributed by atoms with Crippen LogP contribution in [-0.4, -0.2) is 23.0 Å². The summed E-state index contributed by atoms with van der Waals surface area (Å²) in [5, 5.41) is 4.33. The fourth-order valence-corrected chi connectivity index (χ4v) is 2.61. The number of rotatable bonds is 2. The van der Waals surface area contributed by atoms with E-state index in [9.17, 15) is 0 Å². The Morgan fingerprint density at radius 1 is 1.30 bits per heavy atom. The standard InChI is InChI=1S/C14H16IN3O2/c1-9(18-14(16)11(15)8-17-18)10-3-4-12-13(7-10)20-6-2-5-19-12/h3-4,7-9H,2,5-6,16H2,1H3. The SMILES string of the molecule is CC(c1ccc2c(c1)OCCCO2)n1ncc(I)c1N. The number of benzene rings is 1. The van der Waals surface area contributed by atoms with E-state index in [0.717, 1.165) is 27.1 Å². The number of hydrogen-bond donors (Lipinski definition) is 1. The van der Waals surface area contributed by atoms with Crippen molar-refractivity contribution >= 4 is 28.4 Å². The van der Waals surface area contributed by atoms with Crippen LogP contribution in [0.5, 0.6) is 11.5 Å². The fourth-order valence-electron chi connectivity index (χ4n) is 2.24. The highest BCUT2D eigenvalue weighted by atomic mass is 127. The minimum absolute atomic E-state index is 0.0515. The van der Waals surface area contributed by atoms with Crippen LogP contribution in [0.25, 0.3) is 0 Å². The van der Waals surface area contributed by atoms with Gasteiger partial charge < -0.3 is 15.2 Å². The number of nitrogens with zero attached hydrogens (tertiary/aromatic N) is 2. The summed E-state index contributed by atoms with van der Waals surface area (Å²) >= 11 is 2.18. The van der Waals surface area contributed by atoms with Gasteiger partial charge in [-0.2, -0.15) is 5.10 Å². The molecule has 2 N–H and O–H groups in total. The van der Waals surface area contributed by atoms with E-state index in [4.69, 9.17) is 15.2 Å². The van der Waals surface area contributed by atoms with Crippen LogP contribution in [0.2, 0.25) is 0 Å². The fraction of sp³-hybridized carbons (Fsp3) is 0.357. The first-order valence-corrected chi connectivity index (χ1v) is 7.62. The van der Waals surface area contributed by atoms with E-state index in [0.29, 0.717) is 19.0 Å². The molecular weight excluding hydrogens is 369 g/mol. The molecule has 1 aliphatic heterocycles. The largest absolute Gasteiger partial charge is 0.490 e. The lowest BCUT2D eigenvalue weighted by atomic mass is 10.1. The molecule has 0 radical (unpaired) electrons. The van der Waals surface area contributed by atoms with E-state index in [2.05, 4.69) is 34.6 Å². The van der Waals surface area contributed by atoms with E-state index < -0.39 is 0 Å². The molecule has 0 aliphatic carbocycles.